The molecule has 1 saturated heterocycles. The summed E-state index contributed by atoms with van der Waals surface area (Å²) >= 11 is 1.55. The molecule has 1 heterocycles. The Morgan fingerprint density at radius 1 is 1.53 bits per heavy atom. The third-order valence-electron chi connectivity index (χ3n) is 3.14. The molecule has 19 heavy (non-hydrogen) atoms. The van der Waals surface area contributed by atoms with E-state index in [4.69, 9.17) is 9.84 Å². The van der Waals surface area contributed by atoms with Crippen LogP contribution in [0.1, 0.15) is 26.2 Å². The predicted octanol–water partition coefficient (Wildman–Crippen LogP) is 1.06. The maximum Gasteiger partial charge on any atom is 0.326 e. The number of urea groups is 1. The fourth-order valence-electron chi connectivity index (χ4n) is 1.95. The van der Waals surface area contributed by atoms with Crippen molar-refractivity contribution in [2.24, 2.45) is 0 Å². The van der Waals surface area contributed by atoms with Gasteiger partial charge in [0.15, 0.2) is 0 Å². The van der Waals surface area contributed by atoms with E-state index in [2.05, 4.69) is 10.6 Å². The fourth-order valence-corrected chi connectivity index (χ4v) is 2.42. The van der Waals surface area contributed by atoms with E-state index in [0.29, 0.717) is 25.3 Å². The average Bonchev–Trinajstić information content (AvgIpc) is 2.79. The van der Waals surface area contributed by atoms with Gasteiger partial charge in [-0.1, -0.05) is 0 Å². The van der Waals surface area contributed by atoms with Crippen LogP contribution in [0.4, 0.5) is 4.79 Å². The lowest BCUT2D eigenvalue weighted by Crippen LogP contribution is -2.49. The second kappa shape index (κ2) is 7.59. The smallest absolute Gasteiger partial charge is 0.326 e. The molecule has 6 nitrogen and oxygen atoms in total. The summed E-state index contributed by atoms with van der Waals surface area (Å²) in [5, 5.41) is 14.2. The van der Waals surface area contributed by atoms with Crippen LogP contribution in [0.2, 0.25) is 0 Å². The van der Waals surface area contributed by atoms with E-state index in [0.717, 1.165) is 12.8 Å². The number of carboxylic acids is 1. The SMILES string of the molecule is CSCCC(NC(=O)NCC1(C)CCCO1)C(=O)O. The van der Waals surface area contributed by atoms with Crippen molar-refractivity contribution >= 4 is 23.8 Å². The Kier molecular flexibility index (Phi) is 6.44. The van der Waals surface area contributed by atoms with Gasteiger partial charge in [0, 0.05) is 13.2 Å². The van der Waals surface area contributed by atoms with Crippen molar-refractivity contribution in [3.63, 3.8) is 0 Å². The fraction of sp³-hybridized carbons (Fsp3) is 0.833. The molecule has 1 aliphatic heterocycles. The Hall–Kier alpha value is -0.950. The maximum absolute atomic E-state index is 11.7. The topological polar surface area (TPSA) is 87.7 Å². The number of hydrogen-bond acceptors (Lipinski definition) is 4. The third-order valence-corrected chi connectivity index (χ3v) is 3.78. The van der Waals surface area contributed by atoms with E-state index in [1.165, 1.54) is 0 Å². The standard InChI is InChI=1S/C12H22N2O4S/c1-12(5-3-6-18-12)8-13-11(17)14-9(10(15)16)4-7-19-2/h9H,3-8H2,1-2H3,(H,15,16)(H2,13,14,17). The first-order chi connectivity index (χ1) is 8.97. The van der Waals surface area contributed by atoms with Gasteiger partial charge in [0.05, 0.1) is 5.60 Å². The molecule has 2 amide bonds. The van der Waals surface area contributed by atoms with E-state index < -0.39 is 18.0 Å². The van der Waals surface area contributed by atoms with Crippen molar-refractivity contribution in [3.05, 3.63) is 0 Å². The molecule has 1 fully saturated rings. The number of carbonyl (C=O) groups is 2. The Labute approximate surface area is 117 Å². The van der Waals surface area contributed by atoms with Gasteiger partial charge in [0.2, 0.25) is 0 Å². The third kappa shape index (κ3) is 5.69. The number of nitrogens with one attached hydrogen (secondary N) is 2. The maximum atomic E-state index is 11.7. The van der Waals surface area contributed by atoms with Crippen molar-refractivity contribution in [2.75, 3.05) is 25.2 Å². The molecule has 7 heteroatoms. The predicted molar refractivity (Wildman–Crippen MR) is 74.5 cm³/mol. The summed E-state index contributed by atoms with van der Waals surface area (Å²) in [6, 6.07) is -1.30. The van der Waals surface area contributed by atoms with E-state index in [-0.39, 0.29) is 5.60 Å². The number of amides is 2. The van der Waals surface area contributed by atoms with Gasteiger partial charge in [-0.15, -0.1) is 0 Å². The van der Waals surface area contributed by atoms with Crippen molar-refractivity contribution in [1.82, 2.24) is 10.6 Å². The van der Waals surface area contributed by atoms with Crippen LogP contribution in [-0.2, 0) is 9.53 Å². The highest BCUT2D eigenvalue weighted by Gasteiger charge is 2.30. The zero-order valence-corrected chi connectivity index (χ0v) is 12.2. The molecule has 0 saturated carbocycles. The largest absolute Gasteiger partial charge is 0.480 e. The summed E-state index contributed by atoms with van der Waals surface area (Å²) in [4.78, 5) is 22.7. The molecule has 1 rings (SSSR count). The van der Waals surface area contributed by atoms with Crippen LogP contribution in [-0.4, -0.2) is 53.9 Å². The molecule has 2 atom stereocenters. The van der Waals surface area contributed by atoms with Gasteiger partial charge in [-0.05, 0) is 38.2 Å². The van der Waals surface area contributed by atoms with Gasteiger partial charge < -0.3 is 20.5 Å². The monoisotopic (exact) mass is 290 g/mol. The first-order valence-electron chi connectivity index (χ1n) is 6.37. The summed E-state index contributed by atoms with van der Waals surface area (Å²) in [5.74, 6) is -0.314. The molecule has 0 aliphatic carbocycles. The minimum absolute atomic E-state index is 0.324. The quantitative estimate of drug-likeness (QED) is 0.652. The van der Waals surface area contributed by atoms with Crippen LogP contribution in [0.3, 0.4) is 0 Å². The van der Waals surface area contributed by atoms with Crippen molar-refractivity contribution < 1.29 is 19.4 Å². The summed E-state index contributed by atoms with van der Waals surface area (Å²) < 4.78 is 5.55. The normalized spacial score (nSPS) is 23.9. The highest BCUT2D eigenvalue weighted by molar-refractivity contribution is 7.98. The molecule has 0 spiro atoms. The lowest BCUT2D eigenvalue weighted by Gasteiger charge is -2.24. The Morgan fingerprint density at radius 3 is 2.79 bits per heavy atom. The molecule has 0 radical (unpaired) electrons. The number of carboxylic acid groups (broad SMARTS) is 1. The lowest BCUT2D eigenvalue weighted by molar-refractivity contribution is -0.139. The summed E-state index contributed by atoms with van der Waals surface area (Å²) in [6.07, 6.45) is 4.21. The molecule has 1 aliphatic rings. The van der Waals surface area contributed by atoms with Crippen LogP contribution >= 0.6 is 11.8 Å². The number of carbonyl (C=O) groups excluding carboxylic acids is 1. The van der Waals surface area contributed by atoms with E-state index >= 15 is 0 Å². The minimum Gasteiger partial charge on any atom is -0.480 e. The first-order valence-corrected chi connectivity index (χ1v) is 7.76. The number of hydrogen-bond donors (Lipinski definition) is 3. The molecule has 0 aromatic heterocycles. The van der Waals surface area contributed by atoms with Crippen LogP contribution in [0.15, 0.2) is 0 Å². The molecule has 3 N–H and O–H groups in total. The first kappa shape index (κ1) is 16.1. The van der Waals surface area contributed by atoms with E-state index in [9.17, 15) is 9.59 Å². The molecule has 0 aromatic carbocycles. The zero-order chi connectivity index (χ0) is 14.3. The second-order valence-electron chi connectivity index (χ2n) is 4.90. The van der Waals surface area contributed by atoms with Crippen LogP contribution in [0, 0.1) is 0 Å². The molecular weight excluding hydrogens is 268 g/mol. The average molecular weight is 290 g/mol. The lowest BCUT2D eigenvalue weighted by atomic mass is 10.0. The van der Waals surface area contributed by atoms with Crippen molar-refractivity contribution in [3.8, 4) is 0 Å². The molecular formula is C12H22N2O4S. The molecule has 0 bridgehead atoms. The number of thioether (sulfide) groups is 1. The van der Waals surface area contributed by atoms with E-state index in [1.54, 1.807) is 11.8 Å². The highest BCUT2D eigenvalue weighted by Crippen LogP contribution is 2.23. The molecule has 110 valence electrons. The van der Waals surface area contributed by atoms with Crippen LogP contribution < -0.4 is 10.6 Å². The Balaban J connectivity index is 2.33. The number of ether oxygens (including phenoxy) is 1. The van der Waals surface area contributed by atoms with Gasteiger partial charge in [-0.2, -0.15) is 11.8 Å². The number of aliphatic carboxylic acids is 1. The van der Waals surface area contributed by atoms with Gasteiger partial charge in [-0.3, -0.25) is 0 Å². The highest BCUT2D eigenvalue weighted by atomic mass is 32.2. The Bertz CT molecular complexity index is 319. The second-order valence-corrected chi connectivity index (χ2v) is 5.89. The molecule has 0 aromatic rings. The van der Waals surface area contributed by atoms with Crippen LogP contribution in [0.25, 0.3) is 0 Å². The number of rotatable bonds is 7. The Morgan fingerprint density at radius 2 is 2.26 bits per heavy atom. The molecule has 2 unspecified atom stereocenters. The van der Waals surface area contributed by atoms with Crippen LogP contribution in [0.5, 0.6) is 0 Å². The van der Waals surface area contributed by atoms with E-state index in [1.807, 2.05) is 13.2 Å². The van der Waals surface area contributed by atoms with Gasteiger partial charge in [-0.25, -0.2) is 9.59 Å². The zero-order valence-electron chi connectivity index (χ0n) is 11.4. The minimum atomic E-state index is -1.01. The summed E-state index contributed by atoms with van der Waals surface area (Å²) in [7, 11) is 0. The van der Waals surface area contributed by atoms with Gasteiger partial charge >= 0.3 is 12.0 Å². The van der Waals surface area contributed by atoms with Gasteiger partial charge in [0.1, 0.15) is 6.04 Å². The van der Waals surface area contributed by atoms with Crippen molar-refractivity contribution in [2.45, 2.75) is 37.8 Å². The van der Waals surface area contributed by atoms with Gasteiger partial charge in [0.25, 0.3) is 0 Å². The summed E-state index contributed by atoms with van der Waals surface area (Å²) in [6.45, 7) is 3.06. The summed E-state index contributed by atoms with van der Waals surface area (Å²) in [5.41, 5.74) is -0.324. The van der Waals surface area contributed by atoms with Crippen molar-refractivity contribution in [1.29, 1.82) is 0 Å².